The van der Waals surface area contributed by atoms with Gasteiger partial charge in [-0.3, -0.25) is 0 Å². The van der Waals surface area contributed by atoms with Crippen LogP contribution in [0.5, 0.6) is 0 Å². The van der Waals surface area contributed by atoms with Gasteiger partial charge in [0.05, 0.1) is 13.2 Å². The van der Waals surface area contributed by atoms with Gasteiger partial charge in [0.1, 0.15) is 0 Å². The average Bonchev–Trinajstić information content (AvgIpc) is 2.68. The molecule has 0 saturated heterocycles. The van der Waals surface area contributed by atoms with Crippen molar-refractivity contribution in [3.8, 4) is 0 Å². The standard InChI is InChI=1S/C14H27NO4Si/c1-8-17-12(16)11-14(5,18-10-15-11)9-19-20(6,7)13(2,3)4/h10-11H,8-9H2,1-7H3/t11-,14-/m1/s1. The van der Waals surface area contributed by atoms with Crippen LogP contribution in [0, 0.1) is 0 Å². The van der Waals surface area contributed by atoms with Crippen LogP contribution in [0.3, 0.4) is 0 Å². The second-order valence-corrected chi connectivity index (χ2v) is 11.7. The molecule has 0 aromatic rings. The van der Waals surface area contributed by atoms with Crippen LogP contribution in [-0.2, 0) is 18.7 Å². The van der Waals surface area contributed by atoms with Crippen molar-refractivity contribution in [3.63, 3.8) is 0 Å². The van der Waals surface area contributed by atoms with Gasteiger partial charge < -0.3 is 13.9 Å². The number of esters is 1. The van der Waals surface area contributed by atoms with E-state index >= 15 is 0 Å². The molecule has 0 saturated carbocycles. The Balaban J connectivity index is 2.73. The highest BCUT2D eigenvalue weighted by molar-refractivity contribution is 6.74. The average molecular weight is 301 g/mol. The summed E-state index contributed by atoms with van der Waals surface area (Å²) < 4.78 is 16.7. The van der Waals surface area contributed by atoms with Gasteiger partial charge >= 0.3 is 5.97 Å². The smallest absolute Gasteiger partial charge is 0.335 e. The van der Waals surface area contributed by atoms with E-state index in [1.54, 1.807) is 6.92 Å². The van der Waals surface area contributed by atoms with Crippen molar-refractivity contribution in [1.29, 1.82) is 0 Å². The van der Waals surface area contributed by atoms with Gasteiger partial charge in [-0.05, 0) is 32.0 Å². The van der Waals surface area contributed by atoms with Gasteiger partial charge in [-0.15, -0.1) is 0 Å². The predicted molar refractivity (Wildman–Crippen MR) is 81.6 cm³/mol. The first-order valence-electron chi connectivity index (χ1n) is 7.03. The van der Waals surface area contributed by atoms with E-state index in [1.165, 1.54) is 6.40 Å². The second-order valence-electron chi connectivity index (χ2n) is 6.89. The molecule has 116 valence electrons. The summed E-state index contributed by atoms with van der Waals surface area (Å²) in [6.45, 7) is 15.2. The first-order valence-corrected chi connectivity index (χ1v) is 9.94. The van der Waals surface area contributed by atoms with Crippen molar-refractivity contribution < 1.29 is 18.7 Å². The third-order valence-electron chi connectivity index (χ3n) is 4.15. The summed E-state index contributed by atoms with van der Waals surface area (Å²) in [5, 5.41) is 0.113. The number of rotatable bonds is 5. The SMILES string of the molecule is CCOC(=O)[C@H]1N=CO[C@]1(C)CO[Si](C)(C)C(C)(C)C. The van der Waals surface area contributed by atoms with Crippen LogP contribution >= 0.6 is 0 Å². The molecule has 5 nitrogen and oxygen atoms in total. The minimum Gasteiger partial charge on any atom is -0.472 e. The Kier molecular flexibility index (Phi) is 5.02. The summed E-state index contributed by atoms with van der Waals surface area (Å²) in [5.74, 6) is -0.359. The molecule has 0 radical (unpaired) electrons. The summed E-state index contributed by atoms with van der Waals surface area (Å²) in [5.41, 5.74) is -0.776. The Bertz CT molecular complexity index is 389. The monoisotopic (exact) mass is 301 g/mol. The molecular formula is C14H27NO4Si. The topological polar surface area (TPSA) is 57.1 Å². The van der Waals surface area contributed by atoms with Crippen LogP contribution in [0.1, 0.15) is 34.6 Å². The van der Waals surface area contributed by atoms with E-state index in [2.05, 4.69) is 38.9 Å². The third-order valence-corrected chi connectivity index (χ3v) is 8.62. The molecule has 0 amide bonds. The zero-order valence-corrected chi connectivity index (χ0v) is 14.6. The Hall–Kier alpha value is -0.883. The Labute approximate surface area is 122 Å². The lowest BCUT2D eigenvalue weighted by atomic mass is 9.99. The summed E-state index contributed by atoms with van der Waals surface area (Å²) in [4.78, 5) is 16.0. The van der Waals surface area contributed by atoms with E-state index in [9.17, 15) is 4.79 Å². The number of hydrogen-bond donors (Lipinski definition) is 0. The van der Waals surface area contributed by atoms with Gasteiger partial charge in [-0.2, -0.15) is 0 Å². The highest BCUT2D eigenvalue weighted by Gasteiger charge is 2.48. The maximum atomic E-state index is 11.9. The molecule has 6 heteroatoms. The minimum atomic E-state index is -1.89. The van der Waals surface area contributed by atoms with E-state index in [-0.39, 0.29) is 11.0 Å². The van der Waals surface area contributed by atoms with Crippen LogP contribution in [0.15, 0.2) is 4.99 Å². The van der Waals surface area contributed by atoms with Gasteiger partial charge in [0.2, 0.25) is 0 Å². The molecule has 2 atom stereocenters. The van der Waals surface area contributed by atoms with Gasteiger partial charge in [0, 0.05) is 0 Å². The summed E-state index contributed by atoms with van der Waals surface area (Å²) in [6, 6.07) is -0.646. The quantitative estimate of drug-likeness (QED) is 0.579. The van der Waals surface area contributed by atoms with Crippen LogP contribution in [-0.4, -0.2) is 45.5 Å². The highest BCUT2D eigenvalue weighted by Crippen LogP contribution is 2.38. The van der Waals surface area contributed by atoms with Crippen molar-refractivity contribution in [2.24, 2.45) is 4.99 Å². The zero-order chi connectivity index (χ0) is 15.6. The largest absolute Gasteiger partial charge is 0.472 e. The fraction of sp³-hybridized carbons (Fsp3) is 0.857. The van der Waals surface area contributed by atoms with Crippen molar-refractivity contribution in [3.05, 3.63) is 0 Å². The molecule has 1 heterocycles. The summed E-state index contributed by atoms with van der Waals surface area (Å²) in [7, 11) is -1.89. The molecular weight excluding hydrogens is 274 g/mol. The molecule has 20 heavy (non-hydrogen) atoms. The molecule has 0 spiro atoms. The minimum absolute atomic E-state index is 0.113. The number of aliphatic imine (C=N–C) groups is 1. The van der Waals surface area contributed by atoms with E-state index in [0.29, 0.717) is 13.2 Å². The first-order chi connectivity index (χ1) is 9.03. The molecule has 0 aromatic carbocycles. The summed E-state index contributed by atoms with van der Waals surface area (Å²) in [6.07, 6.45) is 1.33. The van der Waals surface area contributed by atoms with E-state index in [1.807, 2.05) is 6.92 Å². The highest BCUT2D eigenvalue weighted by atomic mass is 28.4. The van der Waals surface area contributed by atoms with Crippen molar-refractivity contribution >= 4 is 20.7 Å². The molecule has 0 bridgehead atoms. The normalized spacial score (nSPS) is 26.4. The van der Waals surface area contributed by atoms with Crippen molar-refractivity contribution in [2.45, 2.75) is 64.4 Å². The second kappa shape index (κ2) is 5.85. The summed E-state index contributed by atoms with van der Waals surface area (Å²) >= 11 is 0. The molecule has 0 N–H and O–H groups in total. The molecule has 0 aromatic heterocycles. The fourth-order valence-corrected chi connectivity index (χ4v) is 2.70. The molecule has 0 fully saturated rings. The molecule has 0 aliphatic carbocycles. The van der Waals surface area contributed by atoms with Crippen molar-refractivity contribution in [1.82, 2.24) is 0 Å². The first kappa shape index (κ1) is 17.2. The molecule has 1 aliphatic heterocycles. The number of carbonyl (C=O) groups is 1. The fourth-order valence-electron chi connectivity index (χ4n) is 1.62. The third kappa shape index (κ3) is 3.61. The Morgan fingerprint density at radius 1 is 1.45 bits per heavy atom. The van der Waals surface area contributed by atoms with Gasteiger partial charge in [0.25, 0.3) is 0 Å². The number of hydrogen-bond acceptors (Lipinski definition) is 5. The van der Waals surface area contributed by atoms with E-state index in [0.717, 1.165) is 0 Å². The van der Waals surface area contributed by atoms with Gasteiger partial charge in [-0.1, -0.05) is 20.8 Å². The lowest BCUT2D eigenvalue weighted by molar-refractivity contribution is -0.149. The lowest BCUT2D eigenvalue weighted by Gasteiger charge is -2.39. The molecule has 0 unspecified atom stereocenters. The van der Waals surface area contributed by atoms with Crippen LogP contribution in [0.4, 0.5) is 0 Å². The van der Waals surface area contributed by atoms with Crippen LogP contribution in [0.25, 0.3) is 0 Å². The lowest BCUT2D eigenvalue weighted by Crippen LogP contribution is -2.51. The predicted octanol–water partition coefficient (Wildman–Crippen LogP) is 2.76. The maximum absolute atomic E-state index is 11.9. The number of nitrogens with zero attached hydrogens (tertiary/aromatic N) is 1. The number of carbonyl (C=O) groups excluding carboxylic acids is 1. The van der Waals surface area contributed by atoms with Crippen molar-refractivity contribution in [2.75, 3.05) is 13.2 Å². The van der Waals surface area contributed by atoms with E-state index in [4.69, 9.17) is 13.9 Å². The molecule has 1 rings (SSSR count). The van der Waals surface area contributed by atoms with Gasteiger partial charge in [0.15, 0.2) is 26.4 Å². The van der Waals surface area contributed by atoms with E-state index < -0.39 is 20.0 Å². The van der Waals surface area contributed by atoms with Gasteiger partial charge in [-0.25, -0.2) is 9.79 Å². The zero-order valence-electron chi connectivity index (χ0n) is 13.6. The Morgan fingerprint density at radius 2 is 2.05 bits per heavy atom. The van der Waals surface area contributed by atoms with Crippen LogP contribution < -0.4 is 0 Å². The maximum Gasteiger partial charge on any atom is 0.335 e. The molecule has 1 aliphatic rings. The van der Waals surface area contributed by atoms with Crippen LogP contribution in [0.2, 0.25) is 18.1 Å². The Morgan fingerprint density at radius 3 is 2.55 bits per heavy atom. The number of ether oxygens (including phenoxy) is 2.